The van der Waals surface area contributed by atoms with Gasteiger partial charge >= 0.3 is 0 Å². The molecule has 1 aromatic rings. The average molecular weight is 289 g/mol. The average Bonchev–Trinajstić information content (AvgIpc) is 2.39. The second-order valence-electron chi connectivity index (χ2n) is 4.97. The summed E-state index contributed by atoms with van der Waals surface area (Å²) in [5.74, 6) is -1.25. The number of rotatable bonds is 3. The van der Waals surface area contributed by atoms with Crippen molar-refractivity contribution in [3.8, 4) is 0 Å². The van der Waals surface area contributed by atoms with E-state index in [1.165, 1.54) is 12.1 Å². The number of benzene rings is 1. The Hall–Kier alpha value is -1.01. The molecule has 106 valence electrons. The lowest BCUT2D eigenvalue weighted by Gasteiger charge is -2.33. The van der Waals surface area contributed by atoms with Gasteiger partial charge in [0.25, 0.3) is 0 Å². The van der Waals surface area contributed by atoms with Crippen LogP contribution in [-0.2, 0) is 9.84 Å². The maximum absolute atomic E-state index is 14.8. The summed E-state index contributed by atoms with van der Waals surface area (Å²) < 4.78 is 52.7. The second kappa shape index (κ2) is 5.17. The number of halogens is 2. The van der Waals surface area contributed by atoms with Crippen LogP contribution < -0.4 is 5.32 Å². The number of piperidine rings is 1. The number of alkyl halides is 1. The molecule has 2 rings (SSSR count). The van der Waals surface area contributed by atoms with Crippen molar-refractivity contribution in [2.45, 2.75) is 29.7 Å². The van der Waals surface area contributed by atoms with Crippen LogP contribution in [0, 0.1) is 11.7 Å². The monoisotopic (exact) mass is 289 g/mol. The maximum Gasteiger partial charge on any atom is 0.215 e. The van der Waals surface area contributed by atoms with Gasteiger partial charge in [-0.05, 0) is 51.1 Å². The molecule has 1 saturated heterocycles. The third kappa shape index (κ3) is 2.65. The molecule has 0 bridgehead atoms. The summed E-state index contributed by atoms with van der Waals surface area (Å²) in [4.78, 5) is -0.295. The molecule has 1 aromatic carbocycles. The first-order valence-corrected chi connectivity index (χ1v) is 7.74. The van der Waals surface area contributed by atoms with E-state index < -0.39 is 26.6 Å². The number of hydrogen-bond acceptors (Lipinski definition) is 3. The van der Waals surface area contributed by atoms with E-state index >= 15 is 0 Å². The largest absolute Gasteiger partial charge is 0.317 e. The summed E-state index contributed by atoms with van der Waals surface area (Å²) >= 11 is 0. The quantitative estimate of drug-likeness (QED) is 0.928. The molecule has 0 aromatic heterocycles. The summed E-state index contributed by atoms with van der Waals surface area (Å²) in [6, 6.07) is 4.52. The molecule has 0 saturated carbocycles. The van der Waals surface area contributed by atoms with Crippen molar-refractivity contribution in [1.82, 2.24) is 5.32 Å². The van der Waals surface area contributed by atoms with Gasteiger partial charge in [0, 0.05) is 5.92 Å². The highest BCUT2D eigenvalue weighted by atomic mass is 32.2. The van der Waals surface area contributed by atoms with E-state index in [0.717, 1.165) is 19.1 Å². The fraction of sp³-hybridized carbons (Fsp3) is 0.538. The molecule has 1 aliphatic rings. The summed E-state index contributed by atoms with van der Waals surface area (Å²) in [6.45, 7) is 2.29. The SMILES string of the molecule is C[C@](F)(C1CCNCC1)S(=O)(=O)c1cccc(F)c1. The smallest absolute Gasteiger partial charge is 0.215 e. The van der Waals surface area contributed by atoms with Crippen LogP contribution in [0.15, 0.2) is 29.2 Å². The topological polar surface area (TPSA) is 46.2 Å². The van der Waals surface area contributed by atoms with Gasteiger partial charge in [-0.1, -0.05) is 6.07 Å². The fourth-order valence-electron chi connectivity index (χ4n) is 2.42. The molecule has 1 heterocycles. The Kier molecular flexibility index (Phi) is 3.92. The van der Waals surface area contributed by atoms with Crippen LogP contribution in [0.3, 0.4) is 0 Å². The Labute approximate surface area is 111 Å². The van der Waals surface area contributed by atoms with Crippen molar-refractivity contribution < 1.29 is 17.2 Å². The van der Waals surface area contributed by atoms with Crippen LogP contribution in [0.5, 0.6) is 0 Å². The van der Waals surface area contributed by atoms with Crippen LogP contribution in [0.1, 0.15) is 19.8 Å². The fourth-order valence-corrected chi connectivity index (χ4v) is 4.08. The molecule has 0 spiro atoms. The van der Waals surface area contributed by atoms with Crippen LogP contribution in [0.4, 0.5) is 8.78 Å². The van der Waals surface area contributed by atoms with E-state index in [9.17, 15) is 17.2 Å². The predicted octanol–water partition coefficient (Wildman–Crippen LogP) is 2.28. The van der Waals surface area contributed by atoms with Crippen molar-refractivity contribution in [3.05, 3.63) is 30.1 Å². The lowest BCUT2D eigenvalue weighted by molar-refractivity contribution is 0.159. The second-order valence-corrected chi connectivity index (χ2v) is 7.25. The molecule has 0 radical (unpaired) electrons. The van der Waals surface area contributed by atoms with Crippen LogP contribution in [-0.4, -0.2) is 26.5 Å². The van der Waals surface area contributed by atoms with Gasteiger partial charge in [-0.2, -0.15) is 0 Å². The highest BCUT2D eigenvalue weighted by Crippen LogP contribution is 2.38. The van der Waals surface area contributed by atoms with Gasteiger partial charge in [-0.15, -0.1) is 0 Å². The standard InChI is InChI=1S/C13H17F2NO2S/c1-13(15,10-5-7-16-8-6-10)19(17,18)12-4-2-3-11(14)9-12/h2-4,9-10,16H,5-8H2,1H3/t13-/m1/s1. The highest BCUT2D eigenvalue weighted by Gasteiger charge is 2.47. The molecule has 6 heteroatoms. The predicted molar refractivity (Wildman–Crippen MR) is 68.7 cm³/mol. The molecule has 1 aliphatic heterocycles. The summed E-state index contributed by atoms with van der Waals surface area (Å²) in [5, 5.41) is 0.694. The Balaban J connectivity index is 2.37. The first-order valence-electron chi connectivity index (χ1n) is 6.25. The Morgan fingerprint density at radius 3 is 2.53 bits per heavy atom. The summed E-state index contributed by atoms with van der Waals surface area (Å²) in [5.41, 5.74) is 0. The van der Waals surface area contributed by atoms with E-state index in [-0.39, 0.29) is 4.90 Å². The first-order chi connectivity index (χ1) is 8.85. The first kappa shape index (κ1) is 14.4. The van der Waals surface area contributed by atoms with Gasteiger partial charge in [0.1, 0.15) is 5.82 Å². The van der Waals surface area contributed by atoms with Crippen molar-refractivity contribution in [3.63, 3.8) is 0 Å². The summed E-state index contributed by atoms with van der Waals surface area (Å²) in [7, 11) is -4.20. The Morgan fingerprint density at radius 1 is 1.32 bits per heavy atom. The Bertz CT molecular complexity index is 552. The van der Waals surface area contributed by atoms with Gasteiger partial charge in [0.15, 0.2) is 0 Å². The van der Waals surface area contributed by atoms with Crippen molar-refractivity contribution >= 4 is 9.84 Å². The van der Waals surface area contributed by atoms with Gasteiger partial charge in [-0.3, -0.25) is 0 Å². The van der Waals surface area contributed by atoms with Crippen LogP contribution in [0.2, 0.25) is 0 Å². The molecular weight excluding hydrogens is 272 g/mol. The van der Waals surface area contributed by atoms with Crippen LogP contribution >= 0.6 is 0 Å². The van der Waals surface area contributed by atoms with Crippen molar-refractivity contribution in [1.29, 1.82) is 0 Å². The number of sulfone groups is 1. The zero-order chi connectivity index (χ0) is 14.1. The normalized spacial score (nSPS) is 21.0. The van der Waals surface area contributed by atoms with Gasteiger partial charge in [-0.25, -0.2) is 17.2 Å². The van der Waals surface area contributed by atoms with Crippen molar-refractivity contribution in [2.24, 2.45) is 5.92 Å². The number of nitrogens with one attached hydrogen (secondary N) is 1. The number of hydrogen-bond donors (Lipinski definition) is 1. The van der Waals surface area contributed by atoms with Crippen molar-refractivity contribution in [2.75, 3.05) is 13.1 Å². The van der Waals surface area contributed by atoms with E-state index in [2.05, 4.69) is 5.32 Å². The van der Waals surface area contributed by atoms with Gasteiger partial charge in [0.05, 0.1) is 4.90 Å². The highest BCUT2D eigenvalue weighted by molar-refractivity contribution is 7.92. The maximum atomic E-state index is 14.8. The van der Waals surface area contributed by atoms with Gasteiger partial charge < -0.3 is 5.32 Å². The molecule has 1 atom stereocenters. The Morgan fingerprint density at radius 2 is 1.95 bits per heavy atom. The lowest BCUT2D eigenvalue weighted by Crippen LogP contribution is -2.44. The molecule has 3 nitrogen and oxygen atoms in total. The van der Waals surface area contributed by atoms with E-state index in [1.807, 2.05) is 0 Å². The molecular formula is C13H17F2NO2S. The van der Waals surface area contributed by atoms with E-state index in [4.69, 9.17) is 0 Å². The molecule has 0 amide bonds. The molecule has 0 aliphatic carbocycles. The minimum Gasteiger partial charge on any atom is -0.317 e. The molecule has 19 heavy (non-hydrogen) atoms. The third-order valence-corrected chi connectivity index (χ3v) is 5.96. The van der Waals surface area contributed by atoms with E-state index in [0.29, 0.717) is 25.9 Å². The molecule has 1 N–H and O–H groups in total. The minimum atomic E-state index is -4.20. The zero-order valence-corrected chi connectivity index (χ0v) is 11.5. The van der Waals surface area contributed by atoms with Crippen LogP contribution in [0.25, 0.3) is 0 Å². The zero-order valence-electron chi connectivity index (χ0n) is 10.7. The minimum absolute atomic E-state index is 0.295. The molecule has 1 fully saturated rings. The third-order valence-electron chi connectivity index (χ3n) is 3.70. The van der Waals surface area contributed by atoms with E-state index in [1.54, 1.807) is 0 Å². The molecule has 0 unspecified atom stereocenters. The summed E-state index contributed by atoms with van der Waals surface area (Å²) in [6.07, 6.45) is 0.920. The van der Waals surface area contributed by atoms with Gasteiger partial charge in [0.2, 0.25) is 14.8 Å². The lowest BCUT2D eigenvalue weighted by atomic mass is 9.93.